The molecule has 2 aliphatic heterocycles. The van der Waals surface area contributed by atoms with E-state index in [1.807, 2.05) is 18.2 Å². The summed E-state index contributed by atoms with van der Waals surface area (Å²) in [7, 11) is 0. The molecule has 0 bridgehead atoms. The summed E-state index contributed by atoms with van der Waals surface area (Å²) in [6.45, 7) is 2.43. The molecule has 2 aromatic rings. The Morgan fingerprint density at radius 3 is 2.54 bits per heavy atom. The normalized spacial score (nSPS) is 22.3. The van der Waals surface area contributed by atoms with E-state index in [2.05, 4.69) is 40.5 Å². The molecule has 3 nitrogen and oxygen atoms in total. The smallest absolute Gasteiger partial charge is 0.242 e. The molecule has 2 aliphatic rings. The van der Waals surface area contributed by atoms with Crippen LogP contribution in [0.2, 0.25) is 5.02 Å². The predicted molar refractivity (Wildman–Crippen MR) is 102 cm³/mol. The summed E-state index contributed by atoms with van der Waals surface area (Å²) in [5.74, 6) is 0.323. The molecule has 0 radical (unpaired) electrons. The molecular weight excluding hydrogens is 367 g/mol. The van der Waals surface area contributed by atoms with Crippen LogP contribution in [0.15, 0.2) is 48.5 Å². The van der Waals surface area contributed by atoms with E-state index in [4.69, 9.17) is 11.6 Å². The summed E-state index contributed by atoms with van der Waals surface area (Å²) in [6.07, 6.45) is 0. The van der Waals surface area contributed by atoms with Crippen molar-refractivity contribution in [3.05, 3.63) is 70.2 Å². The van der Waals surface area contributed by atoms with Crippen LogP contribution in [0, 0.1) is 0 Å². The summed E-state index contributed by atoms with van der Waals surface area (Å²) in [5, 5.41) is 3.65. The third kappa shape index (κ3) is 3.14. The number of hydrogen-bond acceptors (Lipinski definition) is 2. The van der Waals surface area contributed by atoms with Gasteiger partial charge in [0.25, 0.3) is 0 Å². The fourth-order valence-electron chi connectivity index (χ4n) is 3.67. The van der Waals surface area contributed by atoms with E-state index in [1.54, 1.807) is 0 Å². The fourth-order valence-corrected chi connectivity index (χ4v) is 3.96. The first kappa shape index (κ1) is 19.1. The highest BCUT2D eigenvalue weighted by Gasteiger charge is 2.40. The Labute approximate surface area is 159 Å². The van der Waals surface area contributed by atoms with E-state index in [1.165, 1.54) is 11.1 Å². The predicted octanol–water partition coefficient (Wildman–Crippen LogP) is 3.80. The third-order valence-corrected chi connectivity index (χ3v) is 5.00. The van der Waals surface area contributed by atoms with Gasteiger partial charge in [-0.05, 0) is 17.2 Å². The lowest BCUT2D eigenvalue weighted by atomic mass is 9.80. The highest BCUT2D eigenvalue weighted by atomic mass is 35.5. The van der Waals surface area contributed by atoms with Crippen molar-refractivity contribution in [3.63, 3.8) is 0 Å². The number of fused-ring (bicyclic) bond motifs is 3. The number of rotatable bonds is 1. The van der Waals surface area contributed by atoms with Crippen LogP contribution < -0.4 is 5.32 Å². The average Bonchev–Trinajstić information content (AvgIpc) is 2.55. The number of halogens is 3. The molecule has 128 valence electrons. The van der Waals surface area contributed by atoms with Crippen molar-refractivity contribution in [2.45, 2.75) is 12.0 Å². The molecule has 2 aromatic carbocycles. The Balaban J connectivity index is 0.00000104. The van der Waals surface area contributed by atoms with Crippen LogP contribution in [0.1, 0.15) is 28.7 Å². The number of nitrogens with one attached hydrogen (secondary N) is 1. The largest absolute Gasteiger partial charge is 0.353 e. The van der Waals surface area contributed by atoms with Gasteiger partial charge >= 0.3 is 0 Å². The minimum Gasteiger partial charge on any atom is -0.353 e. The first-order valence-electron chi connectivity index (χ1n) is 7.60. The maximum Gasteiger partial charge on any atom is 0.242 e. The second-order valence-electron chi connectivity index (χ2n) is 5.89. The average molecular weight is 386 g/mol. The second kappa shape index (κ2) is 7.75. The molecule has 24 heavy (non-hydrogen) atoms. The molecule has 0 aliphatic carbocycles. The van der Waals surface area contributed by atoms with E-state index < -0.39 is 0 Å². The molecule has 0 aromatic heterocycles. The quantitative estimate of drug-likeness (QED) is 0.810. The molecule has 1 saturated heterocycles. The Hall–Kier alpha value is -1.26. The van der Waals surface area contributed by atoms with E-state index in [9.17, 15) is 4.79 Å². The molecular formula is C18H19Cl3N2O. The van der Waals surface area contributed by atoms with Crippen LogP contribution in [0.3, 0.4) is 0 Å². The molecule has 2 atom stereocenters. The van der Waals surface area contributed by atoms with Crippen LogP contribution in [0.4, 0.5) is 0 Å². The van der Waals surface area contributed by atoms with Gasteiger partial charge in [-0.1, -0.05) is 54.1 Å². The first-order chi connectivity index (χ1) is 10.8. The number of nitrogens with zero attached hydrogens (tertiary/aromatic N) is 1. The summed E-state index contributed by atoms with van der Waals surface area (Å²) >= 11 is 6.47. The van der Waals surface area contributed by atoms with Gasteiger partial charge in [0, 0.05) is 36.1 Å². The second-order valence-corrected chi connectivity index (χ2v) is 6.30. The van der Waals surface area contributed by atoms with Gasteiger partial charge in [0.2, 0.25) is 5.91 Å². The Morgan fingerprint density at radius 1 is 1.04 bits per heavy atom. The fraction of sp³-hybridized carbons (Fsp3) is 0.278. The molecule has 0 saturated carbocycles. The highest BCUT2D eigenvalue weighted by molar-refractivity contribution is 6.31. The summed E-state index contributed by atoms with van der Waals surface area (Å²) < 4.78 is 0. The lowest BCUT2D eigenvalue weighted by Crippen LogP contribution is -2.53. The lowest BCUT2D eigenvalue weighted by Gasteiger charge is -2.43. The zero-order valence-electron chi connectivity index (χ0n) is 12.9. The van der Waals surface area contributed by atoms with Gasteiger partial charge in [0.05, 0.1) is 0 Å². The SMILES string of the molecule is Cl.Cl.O=C1NCCN2CC(c3ccccc3)c3cccc(Cl)c3C12. The van der Waals surface area contributed by atoms with Gasteiger partial charge in [-0.2, -0.15) is 0 Å². The molecule has 4 rings (SSSR count). The zero-order valence-corrected chi connectivity index (χ0v) is 15.3. The van der Waals surface area contributed by atoms with Crippen LogP contribution in [0.25, 0.3) is 0 Å². The van der Waals surface area contributed by atoms with Crippen molar-refractivity contribution in [1.29, 1.82) is 0 Å². The summed E-state index contributed by atoms with van der Waals surface area (Å²) in [5.41, 5.74) is 3.42. The number of hydrogen-bond donors (Lipinski definition) is 1. The molecule has 2 unspecified atom stereocenters. The number of benzene rings is 2. The van der Waals surface area contributed by atoms with Crippen molar-refractivity contribution in [2.75, 3.05) is 19.6 Å². The highest BCUT2D eigenvalue weighted by Crippen LogP contribution is 2.43. The van der Waals surface area contributed by atoms with E-state index in [-0.39, 0.29) is 42.7 Å². The number of carbonyl (C=O) groups excluding carboxylic acids is 1. The minimum atomic E-state index is -0.252. The zero-order chi connectivity index (χ0) is 15.1. The third-order valence-electron chi connectivity index (χ3n) is 4.67. The first-order valence-corrected chi connectivity index (χ1v) is 7.98. The summed E-state index contributed by atoms with van der Waals surface area (Å²) in [4.78, 5) is 14.6. The van der Waals surface area contributed by atoms with E-state index >= 15 is 0 Å². The number of amides is 1. The molecule has 2 heterocycles. The van der Waals surface area contributed by atoms with E-state index in [0.717, 1.165) is 18.7 Å². The standard InChI is InChI=1S/C18H17ClN2O.2ClH/c19-15-8-4-7-13-14(12-5-2-1-3-6-12)11-21-10-9-20-18(22)17(21)16(13)15;;/h1-8,14,17H,9-11H2,(H,20,22);2*1H. The van der Waals surface area contributed by atoms with Crippen molar-refractivity contribution in [2.24, 2.45) is 0 Å². The van der Waals surface area contributed by atoms with Crippen LogP contribution >= 0.6 is 36.4 Å². The van der Waals surface area contributed by atoms with Gasteiger partial charge < -0.3 is 5.32 Å². The molecule has 0 spiro atoms. The lowest BCUT2D eigenvalue weighted by molar-refractivity contribution is -0.129. The Bertz CT molecular complexity index is 723. The van der Waals surface area contributed by atoms with Crippen LogP contribution in [-0.4, -0.2) is 30.4 Å². The Kier molecular flexibility index (Phi) is 6.16. The topological polar surface area (TPSA) is 32.3 Å². The van der Waals surface area contributed by atoms with Gasteiger partial charge in [-0.25, -0.2) is 0 Å². The van der Waals surface area contributed by atoms with Gasteiger partial charge in [0.1, 0.15) is 6.04 Å². The van der Waals surface area contributed by atoms with E-state index in [0.29, 0.717) is 11.6 Å². The number of carbonyl (C=O) groups is 1. The van der Waals surface area contributed by atoms with Crippen molar-refractivity contribution in [3.8, 4) is 0 Å². The van der Waals surface area contributed by atoms with Crippen molar-refractivity contribution < 1.29 is 4.79 Å². The molecule has 1 N–H and O–H groups in total. The Morgan fingerprint density at radius 2 is 1.79 bits per heavy atom. The van der Waals surface area contributed by atoms with Crippen LogP contribution in [-0.2, 0) is 4.79 Å². The monoisotopic (exact) mass is 384 g/mol. The van der Waals surface area contributed by atoms with Gasteiger partial charge in [0.15, 0.2) is 0 Å². The van der Waals surface area contributed by atoms with Crippen LogP contribution in [0.5, 0.6) is 0 Å². The molecule has 1 fully saturated rings. The van der Waals surface area contributed by atoms with Crippen molar-refractivity contribution >= 4 is 42.3 Å². The number of piperazine rings is 1. The maximum atomic E-state index is 12.4. The maximum absolute atomic E-state index is 12.4. The van der Waals surface area contributed by atoms with Crippen molar-refractivity contribution in [1.82, 2.24) is 10.2 Å². The van der Waals surface area contributed by atoms with Gasteiger partial charge in [-0.15, -0.1) is 24.8 Å². The molecule has 1 amide bonds. The summed E-state index contributed by atoms with van der Waals surface area (Å²) in [6, 6.07) is 16.2. The minimum absolute atomic E-state index is 0. The molecule has 6 heteroatoms. The van der Waals surface area contributed by atoms with Gasteiger partial charge in [-0.3, -0.25) is 9.69 Å².